The minimum absolute atomic E-state index is 0.135. The van der Waals surface area contributed by atoms with Gasteiger partial charge < -0.3 is 5.73 Å². The van der Waals surface area contributed by atoms with Crippen LogP contribution in [-0.4, -0.2) is 21.3 Å². The third-order valence-electron chi connectivity index (χ3n) is 2.74. The van der Waals surface area contributed by atoms with Gasteiger partial charge in [0.25, 0.3) is 5.91 Å². The Balaban J connectivity index is 2.83. The predicted octanol–water partition coefficient (Wildman–Crippen LogP) is 2.75. The van der Waals surface area contributed by atoms with E-state index in [2.05, 4.69) is 10.2 Å². The molecule has 12 heteroatoms. The molecule has 0 radical (unpaired) electrons. The predicted molar refractivity (Wildman–Crippen MR) is 60.3 cm³/mol. The maximum absolute atomic E-state index is 13.9. The number of nitrogens with zero attached hydrogens (tertiary/aromatic N) is 2. The summed E-state index contributed by atoms with van der Waals surface area (Å²) in [5, 5.41) is 8.11. The molecule has 1 heterocycles. The number of carbonyl (C=O) groups is 1. The zero-order valence-corrected chi connectivity index (χ0v) is 10.7. The van der Waals surface area contributed by atoms with Gasteiger partial charge in [-0.25, -0.2) is 4.39 Å². The van der Waals surface area contributed by atoms with Gasteiger partial charge in [-0.15, -0.1) is 0 Å². The normalized spacial score (nSPS) is 12.5. The standard InChI is InChI=1S/C11H5F7N4O/c12-5-2-3(10(13,14)15)1-4(11(16,17)18)6(5)7-8(9(19)23)21-22-20-7/h1-2H,(H2,19,23)(H,20,21,22). The van der Waals surface area contributed by atoms with Gasteiger partial charge in [-0.05, 0) is 12.1 Å². The van der Waals surface area contributed by atoms with E-state index in [4.69, 9.17) is 5.73 Å². The molecule has 0 aliphatic carbocycles. The molecule has 0 atom stereocenters. The number of amides is 1. The summed E-state index contributed by atoms with van der Waals surface area (Å²) in [7, 11) is 0. The van der Waals surface area contributed by atoms with Crippen molar-refractivity contribution in [3.8, 4) is 11.3 Å². The van der Waals surface area contributed by atoms with Crippen molar-refractivity contribution in [1.29, 1.82) is 0 Å². The van der Waals surface area contributed by atoms with E-state index in [-0.39, 0.29) is 12.1 Å². The van der Waals surface area contributed by atoms with Gasteiger partial charge in [0.1, 0.15) is 11.5 Å². The van der Waals surface area contributed by atoms with Crippen molar-refractivity contribution >= 4 is 5.91 Å². The summed E-state index contributed by atoms with van der Waals surface area (Å²) in [6.07, 6.45) is -10.5. The van der Waals surface area contributed by atoms with Gasteiger partial charge >= 0.3 is 12.4 Å². The fraction of sp³-hybridized carbons (Fsp3) is 0.182. The number of nitrogens with two attached hydrogens (primary N) is 1. The van der Waals surface area contributed by atoms with Gasteiger partial charge in [-0.2, -0.15) is 41.8 Å². The molecule has 2 aromatic rings. The van der Waals surface area contributed by atoms with Crippen LogP contribution in [0.2, 0.25) is 0 Å². The van der Waals surface area contributed by atoms with Gasteiger partial charge in [0, 0.05) is 0 Å². The molecule has 124 valence electrons. The number of benzene rings is 1. The van der Waals surface area contributed by atoms with E-state index in [0.29, 0.717) is 0 Å². The van der Waals surface area contributed by atoms with Crippen molar-refractivity contribution in [2.45, 2.75) is 12.4 Å². The number of hydrogen-bond donors (Lipinski definition) is 2. The molecule has 0 fully saturated rings. The molecule has 3 N–H and O–H groups in total. The molecule has 0 aliphatic heterocycles. The number of H-pyrrole nitrogens is 1. The molecule has 0 aliphatic rings. The zero-order valence-electron chi connectivity index (χ0n) is 10.7. The molecule has 5 nitrogen and oxygen atoms in total. The number of primary amides is 1. The first kappa shape index (κ1) is 16.7. The van der Waals surface area contributed by atoms with Crippen molar-refractivity contribution in [2.75, 3.05) is 0 Å². The van der Waals surface area contributed by atoms with E-state index in [9.17, 15) is 35.5 Å². The van der Waals surface area contributed by atoms with Crippen LogP contribution in [0.5, 0.6) is 0 Å². The highest BCUT2D eigenvalue weighted by Gasteiger charge is 2.41. The lowest BCUT2D eigenvalue weighted by atomic mass is 9.98. The number of rotatable bonds is 2. The van der Waals surface area contributed by atoms with Crippen molar-refractivity contribution in [1.82, 2.24) is 15.4 Å². The second-order valence-electron chi connectivity index (χ2n) is 4.26. The van der Waals surface area contributed by atoms with E-state index in [1.54, 1.807) is 5.21 Å². The summed E-state index contributed by atoms with van der Waals surface area (Å²) in [6, 6.07) is -0.415. The van der Waals surface area contributed by atoms with Crippen LogP contribution in [0.3, 0.4) is 0 Å². The SMILES string of the molecule is NC(=O)c1n[nH]nc1-c1c(F)cc(C(F)(F)F)cc1C(F)(F)F. The number of carbonyl (C=O) groups excluding carboxylic acids is 1. The third-order valence-corrected chi connectivity index (χ3v) is 2.74. The van der Waals surface area contributed by atoms with Gasteiger partial charge in [0.2, 0.25) is 0 Å². The molecule has 0 saturated heterocycles. The fourth-order valence-corrected chi connectivity index (χ4v) is 1.81. The number of nitrogens with one attached hydrogen (secondary N) is 1. The highest BCUT2D eigenvalue weighted by atomic mass is 19.4. The number of alkyl halides is 6. The Morgan fingerprint density at radius 3 is 2.13 bits per heavy atom. The maximum atomic E-state index is 13.9. The first-order chi connectivity index (χ1) is 10.4. The van der Waals surface area contributed by atoms with Crippen LogP contribution in [0.15, 0.2) is 12.1 Å². The molecule has 2 rings (SSSR count). The zero-order chi connectivity index (χ0) is 17.6. The average Bonchev–Trinajstić information content (AvgIpc) is 2.84. The number of aromatic amines is 1. The van der Waals surface area contributed by atoms with Crippen LogP contribution < -0.4 is 5.73 Å². The van der Waals surface area contributed by atoms with Crippen LogP contribution >= 0.6 is 0 Å². The third kappa shape index (κ3) is 3.10. The van der Waals surface area contributed by atoms with Crippen molar-refractivity contribution in [3.05, 3.63) is 34.8 Å². The van der Waals surface area contributed by atoms with E-state index in [1.165, 1.54) is 0 Å². The minimum atomic E-state index is -5.34. The number of hydrogen-bond acceptors (Lipinski definition) is 3. The molecule has 0 bridgehead atoms. The molecule has 1 aromatic heterocycles. The van der Waals surface area contributed by atoms with Crippen LogP contribution in [0, 0.1) is 5.82 Å². The van der Waals surface area contributed by atoms with E-state index < -0.39 is 52.2 Å². The monoisotopic (exact) mass is 342 g/mol. The number of aromatic nitrogens is 3. The first-order valence-electron chi connectivity index (χ1n) is 5.61. The van der Waals surface area contributed by atoms with Gasteiger partial charge in [-0.1, -0.05) is 0 Å². The summed E-state index contributed by atoms with van der Waals surface area (Å²) >= 11 is 0. The van der Waals surface area contributed by atoms with Gasteiger partial charge in [0.05, 0.1) is 16.7 Å². The molecule has 1 amide bonds. The molecular weight excluding hydrogens is 337 g/mol. The van der Waals surface area contributed by atoms with Crippen molar-refractivity contribution in [2.24, 2.45) is 5.73 Å². The summed E-state index contributed by atoms with van der Waals surface area (Å²) in [6.45, 7) is 0. The Morgan fingerprint density at radius 1 is 1.04 bits per heavy atom. The summed E-state index contributed by atoms with van der Waals surface area (Å²) in [5.74, 6) is -3.20. The highest BCUT2D eigenvalue weighted by Crippen LogP contribution is 2.42. The maximum Gasteiger partial charge on any atom is 0.417 e. The quantitative estimate of drug-likeness (QED) is 0.823. The van der Waals surface area contributed by atoms with Crippen LogP contribution in [0.1, 0.15) is 21.6 Å². The highest BCUT2D eigenvalue weighted by molar-refractivity contribution is 5.97. The topological polar surface area (TPSA) is 84.7 Å². The smallest absolute Gasteiger partial charge is 0.364 e. The molecule has 0 saturated carbocycles. The molecule has 0 unspecified atom stereocenters. The largest absolute Gasteiger partial charge is 0.417 e. The molecule has 23 heavy (non-hydrogen) atoms. The van der Waals surface area contributed by atoms with Gasteiger partial charge in [0.15, 0.2) is 5.69 Å². The Labute approximate surface area is 122 Å². The second kappa shape index (κ2) is 5.21. The van der Waals surface area contributed by atoms with Crippen LogP contribution in [-0.2, 0) is 12.4 Å². The summed E-state index contributed by atoms with van der Waals surface area (Å²) in [5.41, 5.74) is -2.06. The van der Waals surface area contributed by atoms with Crippen molar-refractivity contribution < 1.29 is 35.5 Å². The average molecular weight is 342 g/mol. The van der Waals surface area contributed by atoms with E-state index in [0.717, 1.165) is 0 Å². The Bertz CT molecular complexity index is 763. The lowest BCUT2D eigenvalue weighted by Gasteiger charge is -2.16. The van der Waals surface area contributed by atoms with Crippen molar-refractivity contribution in [3.63, 3.8) is 0 Å². The van der Waals surface area contributed by atoms with E-state index in [1.807, 2.05) is 0 Å². The van der Waals surface area contributed by atoms with Crippen LogP contribution in [0.25, 0.3) is 11.3 Å². The summed E-state index contributed by atoms with van der Waals surface area (Å²) in [4.78, 5) is 11.1. The first-order valence-corrected chi connectivity index (χ1v) is 5.61. The molecule has 0 spiro atoms. The molecular formula is C11H5F7N4O. The Hall–Kier alpha value is -2.66. The lowest BCUT2D eigenvalue weighted by Crippen LogP contribution is -2.16. The molecule has 1 aromatic carbocycles. The van der Waals surface area contributed by atoms with Gasteiger partial charge in [-0.3, -0.25) is 4.79 Å². The van der Waals surface area contributed by atoms with Crippen LogP contribution in [0.4, 0.5) is 30.7 Å². The van der Waals surface area contributed by atoms with E-state index >= 15 is 0 Å². The fourth-order valence-electron chi connectivity index (χ4n) is 1.81. The lowest BCUT2D eigenvalue weighted by molar-refractivity contribution is -0.143. The Morgan fingerprint density at radius 2 is 1.65 bits per heavy atom. The summed E-state index contributed by atoms with van der Waals surface area (Å²) < 4.78 is 90.7. The Kier molecular flexibility index (Phi) is 3.78. The minimum Gasteiger partial charge on any atom is -0.364 e. The number of halogens is 7. The second-order valence-corrected chi connectivity index (χ2v) is 4.26.